The highest BCUT2D eigenvalue weighted by atomic mass is 19.2. The first kappa shape index (κ1) is 21.9. The summed E-state index contributed by atoms with van der Waals surface area (Å²) in [6.07, 6.45) is 0. The van der Waals surface area contributed by atoms with E-state index in [1.807, 2.05) is 0 Å². The van der Waals surface area contributed by atoms with Crippen molar-refractivity contribution in [1.29, 1.82) is 0 Å². The quantitative estimate of drug-likeness (QED) is 0.432. The van der Waals surface area contributed by atoms with Crippen molar-refractivity contribution >= 4 is 11.0 Å². The molecule has 7 nitrogen and oxygen atoms in total. The normalized spacial score (nSPS) is 10.9. The molecule has 0 aliphatic heterocycles. The van der Waals surface area contributed by atoms with Crippen LogP contribution in [-0.2, 0) is 6.61 Å². The number of rotatable bonds is 6. The summed E-state index contributed by atoms with van der Waals surface area (Å²) in [6, 6.07) is 10.1. The molecular weight excluding hydrogens is 438 g/mol. The van der Waals surface area contributed by atoms with Crippen LogP contribution in [0.15, 0.2) is 57.7 Å². The zero-order valence-corrected chi connectivity index (χ0v) is 17.5. The van der Waals surface area contributed by atoms with E-state index in [2.05, 4.69) is 0 Å². The number of methoxy groups -OCH3 is 2. The Kier molecular flexibility index (Phi) is 5.78. The highest BCUT2D eigenvalue weighted by Gasteiger charge is 2.22. The second kappa shape index (κ2) is 8.70. The molecule has 0 saturated carbocycles. The zero-order valence-electron chi connectivity index (χ0n) is 17.5. The lowest BCUT2D eigenvalue weighted by atomic mass is 10.1. The fourth-order valence-corrected chi connectivity index (χ4v) is 3.35. The summed E-state index contributed by atoms with van der Waals surface area (Å²) in [5.41, 5.74) is -0.167. The van der Waals surface area contributed by atoms with Crippen LogP contribution in [0.4, 0.5) is 8.78 Å². The molecule has 170 valence electrons. The van der Waals surface area contributed by atoms with Crippen LogP contribution >= 0.6 is 0 Å². The van der Waals surface area contributed by atoms with Gasteiger partial charge in [0, 0.05) is 17.7 Å². The number of ether oxygens (including phenoxy) is 3. The van der Waals surface area contributed by atoms with Crippen molar-refractivity contribution in [2.75, 3.05) is 14.2 Å². The van der Waals surface area contributed by atoms with Crippen molar-refractivity contribution in [2.24, 2.45) is 0 Å². The van der Waals surface area contributed by atoms with Crippen molar-refractivity contribution in [3.8, 4) is 40.1 Å². The van der Waals surface area contributed by atoms with Gasteiger partial charge in [0.1, 0.15) is 29.1 Å². The van der Waals surface area contributed by atoms with Gasteiger partial charge in [0.15, 0.2) is 28.9 Å². The van der Waals surface area contributed by atoms with Crippen molar-refractivity contribution < 1.29 is 37.6 Å². The summed E-state index contributed by atoms with van der Waals surface area (Å²) in [7, 11) is 2.91. The third-order valence-electron chi connectivity index (χ3n) is 4.93. The molecule has 0 unspecified atom stereocenters. The van der Waals surface area contributed by atoms with Gasteiger partial charge in [-0.3, -0.25) is 4.79 Å². The molecule has 3 aromatic carbocycles. The molecule has 0 atom stereocenters. The predicted octanol–water partition coefficient (Wildman–Crippen LogP) is 4.75. The molecule has 9 heteroatoms. The molecule has 0 radical (unpaired) electrons. The molecule has 1 heterocycles. The van der Waals surface area contributed by atoms with Crippen molar-refractivity contribution in [3.63, 3.8) is 0 Å². The van der Waals surface area contributed by atoms with Gasteiger partial charge in [-0.25, -0.2) is 8.78 Å². The van der Waals surface area contributed by atoms with Gasteiger partial charge in [-0.2, -0.15) is 0 Å². The molecule has 0 bridgehead atoms. The van der Waals surface area contributed by atoms with Gasteiger partial charge in [-0.05, 0) is 35.9 Å². The maximum Gasteiger partial charge on any atom is 0.239 e. The van der Waals surface area contributed by atoms with Gasteiger partial charge in [0.2, 0.25) is 11.2 Å². The number of benzene rings is 3. The fraction of sp³-hybridized carbons (Fsp3) is 0.125. The van der Waals surface area contributed by atoms with Crippen molar-refractivity contribution in [3.05, 3.63) is 76.0 Å². The van der Waals surface area contributed by atoms with E-state index in [1.165, 1.54) is 26.4 Å². The van der Waals surface area contributed by atoms with E-state index in [0.29, 0.717) is 17.1 Å². The molecule has 33 heavy (non-hydrogen) atoms. The van der Waals surface area contributed by atoms with Crippen LogP contribution in [0, 0.1) is 11.6 Å². The number of hydrogen-bond donors (Lipinski definition) is 2. The summed E-state index contributed by atoms with van der Waals surface area (Å²) in [5.74, 6) is -2.41. The van der Waals surface area contributed by atoms with Crippen LogP contribution in [0.3, 0.4) is 0 Å². The molecule has 0 fully saturated rings. The SMILES string of the molecule is COc1ccc(-c2oc3cc(O)cc(O)c3c(=O)c2OCc2ccc(F)c(F)c2)cc1OC. The number of halogens is 2. The Balaban J connectivity index is 1.90. The summed E-state index contributed by atoms with van der Waals surface area (Å²) >= 11 is 0. The number of fused-ring (bicyclic) bond motifs is 1. The van der Waals surface area contributed by atoms with E-state index < -0.39 is 22.8 Å². The van der Waals surface area contributed by atoms with Gasteiger partial charge in [0.05, 0.1) is 14.2 Å². The Morgan fingerprint density at radius 2 is 1.67 bits per heavy atom. The predicted molar refractivity (Wildman–Crippen MR) is 115 cm³/mol. The first-order chi connectivity index (χ1) is 15.8. The molecule has 0 saturated heterocycles. The Bertz CT molecular complexity index is 1410. The summed E-state index contributed by atoms with van der Waals surface area (Å²) in [6.45, 7) is -0.285. The van der Waals surface area contributed by atoms with Crippen molar-refractivity contribution in [2.45, 2.75) is 6.61 Å². The van der Waals surface area contributed by atoms with Crippen LogP contribution in [0.25, 0.3) is 22.3 Å². The van der Waals surface area contributed by atoms with Crippen LogP contribution in [0.5, 0.6) is 28.7 Å². The van der Waals surface area contributed by atoms with Gasteiger partial charge in [-0.1, -0.05) is 6.07 Å². The average molecular weight is 456 g/mol. The number of aromatic hydroxyl groups is 2. The molecule has 2 N–H and O–H groups in total. The molecule has 0 amide bonds. The maximum atomic E-state index is 13.6. The van der Waals surface area contributed by atoms with E-state index in [0.717, 1.165) is 18.2 Å². The number of phenolic OH excluding ortho intramolecular Hbond substituents is 2. The first-order valence-electron chi connectivity index (χ1n) is 9.64. The van der Waals surface area contributed by atoms with Gasteiger partial charge in [0.25, 0.3) is 0 Å². The van der Waals surface area contributed by atoms with Crippen LogP contribution in [0.1, 0.15) is 5.56 Å². The third-order valence-corrected chi connectivity index (χ3v) is 4.93. The molecule has 4 rings (SSSR count). The van der Waals surface area contributed by atoms with E-state index in [9.17, 15) is 23.8 Å². The zero-order chi connectivity index (χ0) is 23.7. The lowest BCUT2D eigenvalue weighted by Crippen LogP contribution is -2.11. The van der Waals surface area contributed by atoms with E-state index in [4.69, 9.17) is 18.6 Å². The van der Waals surface area contributed by atoms with Gasteiger partial charge < -0.3 is 28.8 Å². The minimum atomic E-state index is -1.06. The largest absolute Gasteiger partial charge is 0.508 e. The Labute approximate surface area is 186 Å². The number of phenols is 2. The molecule has 4 aromatic rings. The molecular formula is C24H18F2O7. The maximum absolute atomic E-state index is 13.6. The lowest BCUT2D eigenvalue weighted by Gasteiger charge is -2.14. The topological polar surface area (TPSA) is 98.4 Å². The molecule has 0 aliphatic carbocycles. The lowest BCUT2D eigenvalue weighted by molar-refractivity contribution is 0.296. The Morgan fingerprint density at radius 1 is 0.909 bits per heavy atom. The summed E-state index contributed by atoms with van der Waals surface area (Å²) < 4.78 is 48.9. The van der Waals surface area contributed by atoms with Gasteiger partial charge >= 0.3 is 0 Å². The minimum absolute atomic E-state index is 0.0268. The first-order valence-corrected chi connectivity index (χ1v) is 9.64. The average Bonchev–Trinajstić information content (AvgIpc) is 2.79. The van der Waals surface area contributed by atoms with Crippen LogP contribution < -0.4 is 19.6 Å². The Hall–Kier alpha value is -4.27. The van der Waals surface area contributed by atoms with E-state index >= 15 is 0 Å². The second-order valence-electron chi connectivity index (χ2n) is 7.03. The number of hydrogen-bond acceptors (Lipinski definition) is 7. The highest BCUT2D eigenvalue weighted by molar-refractivity contribution is 5.88. The third kappa shape index (κ3) is 4.12. The van der Waals surface area contributed by atoms with Crippen molar-refractivity contribution in [1.82, 2.24) is 0 Å². The summed E-state index contributed by atoms with van der Waals surface area (Å²) in [5, 5.41) is 19.8. The fourth-order valence-electron chi connectivity index (χ4n) is 3.35. The van der Waals surface area contributed by atoms with E-state index in [1.54, 1.807) is 18.2 Å². The molecule has 1 aromatic heterocycles. The van der Waals surface area contributed by atoms with Gasteiger partial charge in [-0.15, -0.1) is 0 Å². The van der Waals surface area contributed by atoms with Crippen LogP contribution in [0.2, 0.25) is 0 Å². The standard InChI is InChI=1S/C24H18F2O7/c1-30-18-6-4-13(8-19(18)31-2)23-24(32-11-12-3-5-15(25)16(26)7-12)22(29)21-17(28)9-14(27)10-20(21)33-23/h3-10,27-28H,11H2,1-2H3. The molecule has 0 spiro atoms. The summed E-state index contributed by atoms with van der Waals surface area (Å²) in [4.78, 5) is 13.3. The molecule has 0 aliphatic rings. The highest BCUT2D eigenvalue weighted by Crippen LogP contribution is 2.39. The monoisotopic (exact) mass is 456 g/mol. The smallest absolute Gasteiger partial charge is 0.239 e. The van der Waals surface area contributed by atoms with Crippen LogP contribution in [-0.4, -0.2) is 24.4 Å². The minimum Gasteiger partial charge on any atom is -0.508 e. The second-order valence-corrected chi connectivity index (χ2v) is 7.03. The Morgan fingerprint density at radius 3 is 2.36 bits per heavy atom. The van der Waals surface area contributed by atoms with E-state index in [-0.39, 0.29) is 40.4 Å².